The van der Waals surface area contributed by atoms with E-state index < -0.39 is 0 Å². The largest absolute Gasteiger partial charge is 0.496 e. The van der Waals surface area contributed by atoms with Gasteiger partial charge in [-0.2, -0.15) is 0 Å². The number of ether oxygens (including phenoxy) is 2. The molecule has 1 amide bonds. The lowest BCUT2D eigenvalue weighted by Crippen LogP contribution is -2.48. The Labute approximate surface area is 132 Å². The minimum Gasteiger partial charge on any atom is -0.496 e. The van der Waals surface area contributed by atoms with Crippen LogP contribution >= 0.6 is 0 Å². The summed E-state index contributed by atoms with van der Waals surface area (Å²) in [5.74, 6) is 1.06. The highest BCUT2D eigenvalue weighted by Gasteiger charge is 2.29. The van der Waals surface area contributed by atoms with Gasteiger partial charge in [-0.05, 0) is 18.9 Å². The van der Waals surface area contributed by atoms with E-state index in [0.29, 0.717) is 13.0 Å². The Morgan fingerprint density at radius 2 is 2.14 bits per heavy atom. The molecular weight excluding hydrogens is 280 g/mol. The van der Waals surface area contributed by atoms with Gasteiger partial charge in [-0.15, -0.1) is 0 Å². The molecule has 1 unspecified atom stereocenters. The standard InChI is InChI=1S/C17H26N2O3/c1-21-12-6-5-9-17(20)19-11-10-18-13-15(19)14-7-3-4-8-16(14)22-2/h3-4,7-8,15,18H,5-6,9-13H2,1-2H3. The van der Waals surface area contributed by atoms with E-state index in [1.165, 1.54) is 0 Å². The number of nitrogens with zero attached hydrogens (tertiary/aromatic N) is 1. The summed E-state index contributed by atoms with van der Waals surface area (Å²) in [5.41, 5.74) is 1.07. The summed E-state index contributed by atoms with van der Waals surface area (Å²) in [6.45, 7) is 3.07. The number of hydrogen-bond donors (Lipinski definition) is 1. The molecule has 122 valence electrons. The first kappa shape index (κ1) is 16.8. The van der Waals surface area contributed by atoms with E-state index in [1.807, 2.05) is 29.2 Å². The van der Waals surface area contributed by atoms with Gasteiger partial charge in [0.2, 0.25) is 5.91 Å². The smallest absolute Gasteiger partial charge is 0.223 e. The lowest BCUT2D eigenvalue weighted by molar-refractivity contribution is -0.134. The molecule has 0 aromatic heterocycles. The molecule has 1 aromatic rings. The minimum absolute atomic E-state index is 0.0415. The molecule has 1 fully saturated rings. The molecular formula is C17H26N2O3. The Balaban J connectivity index is 2.06. The highest BCUT2D eigenvalue weighted by molar-refractivity contribution is 5.77. The average molecular weight is 306 g/mol. The van der Waals surface area contributed by atoms with Crippen LogP contribution in [0.3, 0.4) is 0 Å². The maximum Gasteiger partial charge on any atom is 0.223 e. The number of carbonyl (C=O) groups excluding carboxylic acids is 1. The van der Waals surface area contributed by atoms with Gasteiger partial charge in [0, 0.05) is 45.3 Å². The van der Waals surface area contributed by atoms with E-state index in [2.05, 4.69) is 5.32 Å². The van der Waals surface area contributed by atoms with Crippen molar-refractivity contribution in [3.05, 3.63) is 29.8 Å². The van der Waals surface area contributed by atoms with Crippen molar-refractivity contribution in [2.24, 2.45) is 0 Å². The quantitative estimate of drug-likeness (QED) is 0.783. The zero-order valence-electron chi connectivity index (χ0n) is 13.5. The van der Waals surface area contributed by atoms with Crippen LogP contribution in [-0.4, -0.2) is 51.3 Å². The van der Waals surface area contributed by atoms with Crippen molar-refractivity contribution in [1.82, 2.24) is 10.2 Å². The number of hydrogen-bond acceptors (Lipinski definition) is 4. The third kappa shape index (κ3) is 4.21. The fraction of sp³-hybridized carbons (Fsp3) is 0.588. The number of benzene rings is 1. The van der Waals surface area contributed by atoms with Crippen LogP contribution in [0.15, 0.2) is 24.3 Å². The molecule has 1 atom stereocenters. The fourth-order valence-corrected chi connectivity index (χ4v) is 2.89. The van der Waals surface area contributed by atoms with E-state index in [9.17, 15) is 4.79 Å². The van der Waals surface area contributed by atoms with Crippen molar-refractivity contribution in [3.8, 4) is 5.75 Å². The van der Waals surface area contributed by atoms with Gasteiger partial charge in [0.25, 0.3) is 0 Å². The molecule has 5 heteroatoms. The van der Waals surface area contributed by atoms with Crippen LogP contribution < -0.4 is 10.1 Å². The van der Waals surface area contributed by atoms with Crippen LogP contribution in [0.2, 0.25) is 0 Å². The second kappa shape index (κ2) is 8.76. The number of para-hydroxylation sites is 1. The molecule has 2 rings (SSSR count). The highest BCUT2D eigenvalue weighted by atomic mass is 16.5. The summed E-state index contributed by atoms with van der Waals surface area (Å²) < 4.78 is 10.5. The monoisotopic (exact) mass is 306 g/mol. The first-order valence-electron chi connectivity index (χ1n) is 7.90. The molecule has 1 aromatic carbocycles. The summed E-state index contributed by atoms with van der Waals surface area (Å²) in [6, 6.07) is 7.98. The van der Waals surface area contributed by atoms with Crippen molar-refractivity contribution < 1.29 is 14.3 Å². The molecule has 0 radical (unpaired) electrons. The lowest BCUT2D eigenvalue weighted by Gasteiger charge is -2.37. The van der Waals surface area contributed by atoms with Gasteiger partial charge in [0.1, 0.15) is 5.75 Å². The second-order valence-electron chi connectivity index (χ2n) is 5.50. The Morgan fingerprint density at radius 3 is 2.91 bits per heavy atom. The average Bonchev–Trinajstić information content (AvgIpc) is 2.58. The van der Waals surface area contributed by atoms with Crippen molar-refractivity contribution in [3.63, 3.8) is 0 Å². The maximum absolute atomic E-state index is 12.6. The second-order valence-corrected chi connectivity index (χ2v) is 5.50. The summed E-state index contributed by atoms with van der Waals surface area (Å²) in [6.07, 6.45) is 2.37. The molecule has 1 aliphatic rings. The van der Waals surface area contributed by atoms with Gasteiger partial charge < -0.3 is 19.7 Å². The van der Waals surface area contributed by atoms with Crippen LogP contribution in [-0.2, 0) is 9.53 Å². The summed E-state index contributed by atoms with van der Waals surface area (Å²) in [5, 5.41) is 3.38. The number of rotatable bonds is 7. The molecule has 22 heavy (non-hydrogen) atoms. The Morgan fingerprint density at radius 1 is 1.32 bits per heavy atom. The summed E-state index contributed by atoms with van der Waals surface area (Å²) >= 11 is 0. The molecule has 5 nitrogen and oxygen atoms in total. The third-order valence-electron chi connectivity index (χ3n) is 4.05. The van der Waals surface area contributed by atoms with E-state index >= 15 is 0 Å². The van der Waals surface area contributed by atoms with E-state index in [0.717, 1.165) is 43.8 Å². The van der Waals surface area contributed by atoms with E-state index in [4.69, 9.17) is 9.47 Å². The number of nitrogens with one attached hydrogen (secondary N) is 1. The molecule has 1 N–H and O–H groups in total. The number of methoxy groups -OCH3 is 2. The SMILES string of the molecule is COCCCCC(=O)N1CCNCC1c1ccccc1OC. The fourth-order valence-electron chi connectivity index (χ4n) is 2.89. The predicted molar refractivity (Wildman–Crippen MR) is 86.0 cm³/mol. The maximum atomic E-state index is 12.6. The molecule has 0 saturated carbocycles. The first-order chi connectivity index (χ1) is 10.8. The molecule has 0 spiro atoms. The normalized spacial score (nSPS) is 18.3. The van der Waals surface area contributed by atoms with Gasteiger partial charge in [-0.3, -0.25) is 4.79 Å². The molecule has 0 bridgehead atoms. The van der Waals surface area contributed by atoms with Crippen LogP contribution in [0, 0.1) is 0 Å². The van der Waals surface area contributed by atoms with Gasteiger partial charge in [-0.1, -0.05) is 18.2 Å². The number of unbranched alkanes of at least 4 members (excludes halogenated alkanes) is 1. The zero-order valence-corrected chi connectivity index (χ0v) is 13.5. The van der Waals surface area contributed by atoms with E-state index in [1.54, 1.807) is 14.2 Å². The third-order valence-corrected chi connectivity index (χ3v) is 4.05. The summed E-state index contributed by atoms with van der Waals surface area (Å²) in [7, 11) is 3.36. The zero-order chi connectivity index (χ0) is 15.8. The number of amides is 1. The van der Waals surface area contributed by atoms with Crippen LogP contribution in [0.4, 0.5) is 0 Å². The molecule has 1 aliphatic heterocycles. The summed E-state index contributed by atoms with van der Waals surface area (Å²) in [4.78, 5) is 14.5. The molecule has 1 saturated heterocycles. The van der Waals surface area contributed by atoms with Crippen molar-refractivity contribution in [2.75, 3.05) is 40.5 Å². The van der Waals surface area contributed by atoms with E-state index in [-0.39, 0.29) is 11.9 Å². The van der Waals surface area contributed by atoms with Crippen molar-refractivity contribution in [2.45, 2.75) is 25.3 Å². The number of piperazine rings is 1. The Bertz CT molecular complexity index is 479. The van der Waals surface area contributed by atoms with Gasteiger partial charge in [-0.25, -0.2) is 0 Å². The Hall–Kier alpha value is -1.59. The van der Waals surface area contributed by atoms with Gasteiger partial charge in [0.15, 0.2) is 0 Å². The highest BCUT2D eigenvalue weighted by Crippen LogP contribution is 2.30. The topological polar surface area (TPSA) is 50.8 Å². The van der Waals surface area contributed by atoms with Crippen LogP contribution in [0.1, 0.15) is 30.9 Å². The van der Waals surface area contributed by atoms with Gasteiger partial charge in [0.05, 0.1) is 13.2 Å². The van der Waals surface area contributed by atoms with Crippen molar-refractivity contribution >= 4 is 5.91 Å². The predicted octanol–water partition coefficient (Wildman–Crippen LogP) is 1.98. The minimum atomic E-state index is 0.0415. The van der Waals surface area contributed by atoms with Gasteiger partial charge >= 0.3 is 0 Å². The Kier molecular flexibility index (Phi) is 6.68. The van der Waals surface area contributed by atoms with Crippen LogP contribution in [0.5, 0.6) is 5.75 Å². The number of carbonyl (C=O) groups is 1. The first-order valence-corrected chi connectivity index (χ1v) is 7.90. The van der Waals surface area contributed by atoms with Crippen LogP contribution in [0.25, 0.3) is 0 Å². The van der Waals surface area contributed by atoms with Crippen molar-refractivity contribution in [1.29, 1.82) is 0 Å². The molecule has 0 aliphatic carbocycles. The lowest BCUT2D eigenvalue weighted by atomic mass is 10.0. The molecule has 1 heterocycles.